The summed E-state index contributed by atoms with van der Waals surface area (Å²) in [5, 5.41) is 7.69. The smallest absolute Gasteiger partial charge is 0.0615 e. The van der Waals surface area contributed by atoms with E-state index in [0.717, 1.165) is 26.1 Å². The molecular formula is C11H21N3O. The fourth-order valence-corrected chi connectivity index (χ4v) is 1.57. The first kappa shape index (κ1) is 12.2. The van der Waals surface area contributed by atoms with Crippen molar-refractivity contribution in [3.8, 4) is 0 Å². The van der Waals surface area contributed by atoms with Gasteiger partial charge in [-0.1, -0.05) is 6.92 Å². The highest BCUT2D eigenvalue weighted by Gasteiger charge is 2.06. The molecule has 0 fully saturated rings. The van der Waals surface area contributed by atoms with Gasteiger partial charge in [-0.2, -0.15) is 5.10 Å². The maximum atomic E-state index is 5.14. The quantitative estimate of drug-likeness (QED) is 0.741. The number of ether oxygens (including phenoxy) is 1. The first-order chi connectivity index (χ1) is 7.31. The number of aryl methyl sites for hydroxylation is 1. The number of hydrogen-bond donors (Lipinski definition) is 1. The minimum atomic E-state index is 0.426. The molecule has 1 atom stereocenters. The topological polar surface area (TPSA) is 39.1 Å². The van der Waals surface area contributed by atoms with Gasteiger partial charge in [0.1, 0.15) is 0 Å². The second-order valence-corrected chi connectivity index (χ2v) is 3.58. The van der Waals surface area contributed by atoms with E-state index in [1.807, 2.05) is 10.9 Å². The molecule has 0 aromatic carbocycles. The lowest BCUT2D eigenvalue weighted by molar-refractivity contribution is 0.163. The zero-order valence-electron chi connectivity index (χ0n) is 9.86. The second kappa shape index (κ2) is 6.58. The van der Waals surface area contributed by atoms with Crippen molar-refractivity contribution < 1.29 is 4.74 Å². The number of nitrogens with one attached hydrogen (secondary N) is 1. The van der Waals surface area contributed by atoms with Gasteiger partial charge in [-0.25, -0.2) is 0 Å². The van der Waals surface area contributed by atoms with E-state index in [1.165, 1.54) is 5.69 Å². The maximum Gasteiger partial charge on any atom is 0.0615 e. The van der Waals surface area contributed by atoms with Crippen molar-refractivity contribution in [3.05, 3.63) is 18.0 Å². The van der Waals surface area contributed by atoms with Gasteiger partial charge in [-0.15, -0.1) is 0 Å². The van der Waals surface area contributed by atoms with Crippen LogP contribution in [-0.2, 0) is 17.8 Å². The summed E-state index contributed by atoms with van der Waals surface area (Å²) in [5.74, 6) is 0. The monoisotopic (exact) mass is 211 g/mol. The highest BCUT2D eigenvalue weighted by Crippen LogP contribution is 2.00. The maximum absolute atomic E-state index is 5.14. The normalized spacial score (nSPS) is 13.0. The van der Waals surface area contributed by atoms with Crippen LogP contribution < -0.4 is 5.32 Å². The summed E-state index contributed by atoms with van der Waals surface area (Å²) < 4.78 is 7.14. The van der Waals surface area contributed by atoms with Crippen LogP contribution in [0.2, 0.25) is 0 Å². The van der Waals surface area contributed by atoms with Gasteiger partial charge in [-0.05, 0) is 19.4 Å². The van der Waals surface area contributed by atoms with E-state index in [4.69, 9.17) is 4.74 Å². The Kier molecular flexibility index (Phi) is 5.36. The number of aromatic nitrogens is 2. The van der Waals surface area contributed by atoms with Crippen molar-refractivity contribution in [2.75, 3.05) is 13.7 Å². The van der Waals surface area contributed by atoms with Gasteiger partial charge in [0.15, 0.2) is 0 Å². The third-order valence-corrected chi connectivity index (χ3v) is 2.54. The molecule has 1 aromatic heterocycles. The van der Waals surface area contributed by atoms with E-state index in [0.29, 0.717) is 6.04 Å². The van der Waals surface area contributed by atoms with Crippen molar-refractivity contribution in [1.82, 2.24) is 15.1 Å². The Labute approximate surface area is 91.6 Å². The largest absolute Gasteiger partial charge is 0.383 e. The highest BCUT2D eigenvalue weighted by molar-refractivity contribution is 5.00. The Balaban J connectivity index is 2.41. The molecule has 0 aliphatic heterocycles. The summed E-state index contributed by atoms with van der Waals surface area (Å²) in [6.45, 7) is 6.80. The fourth-order valence-electron chi connectivity index (χ4n) is 1.57. The fraction of sp³-hybridized carbons (Fsp3) is 0.727. The van der Waals surface area contributed by atoms with Crippen molar-refractivity contribution in [2.45, 2.75) is 39.4 Å². The van der Waals surface area contributed by atoms with Crippen LogP contribution in [0.15, 0.2) is 12.3 Å². The molecule has 0 aliphatic carbocycles. The van der Waals surface area contributed by atoms with Gasteiger partial charge >= 0.3 is 0 Å². The molecule has 4 nitrogen and oxygen atoms in total. The molecule has 1 N–H and O–H groups in total. The van der Waals surface area contributed by atoms with Gasteiger partial charge in [0.2, 0.25) is 0 Å². The van der Waals surface area contributed by atoms with Crippen LogP contribution in [0.1, 0.15) is 26.0 Å². The van der Waals surface area contributed by atoms with Crippen molar-refractivity contribution in [3.63, 3.8) is 0 Å². The first-order valence-electron chi connectivity index (χ1n) is 5.54. The minimum absolute atomic E-state index is 0.426. The van der Waals surface area contributed by atoms with Gasteiger partial charge in [-0.3, -0.25) is 4.68 Å². The van der Waals surface area contributed by atoms with Crippen LogP contribution in [0, 0.1) is 0 Å². The second-order valence-electron chi connectivity index (χ2n) is 3.58. The molecule has 15 heavy (non-hydrogen) atoms. The van der Waals surface area contributed by atoms with E-state index < -0.39 is 0 Å². The van der Waals surface area contributed by atoms with Crippen LogP contribution in [0.4, 0.5) is 0 Å². The zero-order chi connectivity index (χ0) is 11.1. The molecule has 0 saturated heterocycles. The van der Waals surface area contributed by atoms with Gasteiger partial charge < -0.3 is 10.1 Å². The number of rotatable bonds is 7. The Hall–Kier alpha value is -0.870. The minimum Gasteiger partial charge on any atom is -0.383 e. The first-order valence-corrected chi connectivity index (χ1v) is 5.54. The Morgan fingerprint density at radius 2 is 2.33 bits per heavy atom. The molecular weight excluding hydrogens is 190 g/mol. The van der Waals surface area contributed by atoms with E-state index >= 15 is 0 Å². The molecule has 0 spiro atoms. The molecule has 1 heterocycles. The molecule has 0 aliphatic rings. The van der Waals surface area contributed by atoms with E-state index in [1.54, 1.807) is 7.11 Å². The predicted molar refractivity (Wildman–Crippen MR) is 60.7 cm³/mol. The van der Waals surface area contributed by atoms with Gasteiger partial charge in [0.05, 0.1) is 12.3 Å². The van der Waals surface area contributed by atoms with E-state index in [-0.39, 0.29) is 0 Å². The lowest BCUT2D eigenvalue weighted by Crippen LogP contribution is -2.32. The van der Waals surface area contributed by atoms with E-state index in [2.05, 4.69) is 30.3 Å². The molecule has 4 heteroatoms. The molecule has 86 valence electrons. The molecule has 0 radical (unpaired) electrons. The SMILES string of the molecule is CC[C@@H](COC)NCc1ccnn1CC. The standard InChI is InChI=1S/C11H21N3O/c1-4-10(9-15-3)12-8-11-6-7-13-14(11)5-2/h6-7,10,12H,4-5,8-9H2,1-3H3/t10-/m0/s1. The summed E-state index contributed by atoms with van der Waals surface area (Å²) in [6.07, 6.45) is 2.92. The Morgan fingerprint density at radius 1 is 1.53 bits per heavy atom. The number of methoxy groups -OCH3 is 1. The number of hydrogen-bond acceptors (Lipinski definition) is 3. The third-order valence-electron chi connectivity index (χ3n) is 2.54. The summed E-state index contributed by atoms with van der Waals surface area (Å²) >= 11 is 0. The van der Waals surface area contributed by atoms with Crippen LogP contribution in [0.3, 0.4) is 0 Å². The summed E-state index contributed by atoms with van der Waals surface area (Å²) in [5.41, 5.74) is 1.23. The van der Waals surface area contributed by atoms with Crippen LogP contribution in [-0.4, -0.2) is 29.5 Å². The molecule has 1 rings (SSSR count). The number of nitrogens with zero attached hydrogens (tertiary/aromatic N) is 2. The lowest BCUT2D eigenvalue weighted by Gasteiger charge is -2.16. The van der Waals surface area contributed by atoms with E-state index in [9.17, 15) is 0 Å². The molecule has 1 aromatic rings. The lowest BCUT2D eigenvalue weighted by atomic mass is 10.2. The van der Waals surface area contributed by atoms with Gasteiger partial charge in [0.25, 0.3) is 0 Å². The van der Waals surface area contributed by atoms with Gasteiger partial charge in [0, 0.05) is 32.4 Å². The molecule has 0 saturated carbocycles. The summed E-state index contributed by atoms with van der Waals surface area (Å²) in [6, 6.07) is 2.48. The average molecular weight is 211 g/mol. The van der Waals surface area contributed by atoms with Crippen LogP contribution >= 0.6 is 0 Å². The third kappa shape index (κ3) is 3.64. The predicted octanol–water partition coefficient (Wildman–Crippen LogP) is 1.42. The van der Waals surface area contributed by atoms with Crippen molar-refractivity contribution in [1.29, 1.82) is 0 Å². The Bertz CT molecular complexity index is 273. The van der Waals surface area contributed by atoms with Crippen molar-refractivity contribution >= 4 is 0 Å². The molecule has 0 amide bonds. The Morgan fingerprint density at radius 3 is 2.93 bits per heavy atom. The zero-order valence-corrected chi connectivity index (χ0v) is 9.86. The average Bonchev–Trinajstić information content (AvgIpc) is 2.71. The van der Waals surface area contributed by atoms with Crippen LogP contribution in [0.5, 0.6) is 0 Å². The molecule has 0 unspecified atom stereocenters. The van der Waals surface area contributed by atoms with Crippen molar-refractivity contribution in [2.24, 2.45) is 0 Å². The summed E-state index contributed by atoms with van der Waals surface area (Å²) in [4.78, 5) is 0. The highest BCUT2D eigenvalue weighted by atomic mass is 16.5. The van der Waals surface area contributed by atoms with Crippen LogP contribution in [0.25, 0.3) is 0 Å². The summed E-state index contributed by atoms with van der Waals surface area (Å²) in [7, 11) is 1.74. The molecule has 0 bridgehead atoms.